The fourth-order valence-electron chi connectivity index (χ4n) is 0.362. The predicted molar refractivity (Wildman–Crippen MR) is 34.0 cm³/mol. The Bertz CT molecular complexity index is 229. The van der Waals surface area contributed by atoms with Crippen LogP contribution in [0.5, 0.6) is 0 Å². The number of halogens is 6. The van der Waals surface area contributed by atoms with Crippen LogP contribution in [-0.2, 0) is 9.47 Å². The second-order valence-corrected chi connectivity index (χ2v) is 2.40. The molecule has 0 aromatic carbocycles. The lowest BCUT2D eigenvalue weighted by Crippen LogP contribution is -2.37. The SMILES string of the molecule is CC(F)C(F)(F)OC(=O)OC(F)(F)CF. The molecule has 0 spiro atoms. The average molecular weight is 240 g/mol. The summed E-state index contributed by atoms with van der Waals surface area (Å²) in [6, 6.07) is 0. The van der Waals surface area contributed by atoms with Crippen LogP contribution in [0.3, 0.4) is 0 Å². The first kappa shape index (κ1) is 13.8. The Hall–Kier alpha value is -1.15. The quantitative estimate of drug-likeness (QED) is 0.559. The normalized spacial score (nSPS) is 14.6. The van der Waals surface area contributed by atoms with Gasteiger partial charge in [-0.2, -0.15) is 17.6 Å². The number of carbonyl (C=O) groups is 1. The van der Waals surface area contributed by atoms with E-state index >= 15 is 0 Å². The minimum atomic E-state index is -4.61. The molecule has 0 aliphatic heterocycles. The molecule has 15 heavy (non-hydrogen) atoms. The first-order valence-electron chi connectivity index (χ1n) is 3.48. The molecule has 9 heteroatoms. The molecule has 0 fully saturated rings. The van der Waals surface area contributed by atoms with Crippen molar-refractivity contribution in [2.24, 2.45) is 0 Å². The van der Waals surface area contributed by atoms with Crippen LogP contribution in [0.15, 0.2) is 0 Å². The number of carbonyl (C=O) groups excluding carboxylic acids is 1. The van der Waals surface area contributed by atoms with Crippen molar-refractivity contribution in [1.82, 2.24) is 0 Å². The van der Waals surface area contributed by atoms with Crippen molar-refractivity contribution in [1.29, 1.82) is 0 Å². The maximum Gasteiger partial charge on any atom is 0.517 e. The van der Waals surface area contributed by atoms with Gasteiger partial charge in [0.15, 0.2) is 6.67 Å². The summed E-state index contributed by atoms with van der Waals surface area (Å²) in [5.74, 6) is 0. The summed E-state index contributed by atoms with van der Waals surface area (Å²) in [5.41, 5.74) is 0. The van der Waals surface area contributed by atoms with Gasteiger partial charge in [-0.3, -0.25) is 0 Å². The van der Waals surface area contributed by atoms with Gasteiger partial charge < -0.3 is 9.47 Å². The minimum absolute atomic E-state index is 0.334. The van der Waals surface area contributed by atoms with Crippen LogP contribution >= 0.6 is 0 Å². The zero-order chi connectivity index (χ0) is 12.3. The van der Waals surface area contributed by atoms with E-state index in [2.05, 4.69) is 9.47 Å². The molecule has 0 radical (unpaired) electrons. The monoisotopic (exact) mass is 240 g/mol. The minimum Gasteiger partial charge on any atom is -0.366 e. The van der Waals surface area contributed by atoms with Crippen LogP contribution in [0.4, 0.5) is 31.1 Å². The molecular weight excluding hydrogens is 234 g/mol. The second kappa shape index (κ2) is 4.58. The van der Waals surface area contributed by atoms with Gasteiger partial charge in [-0.25, -0.2) is 13.6 Å². The van der Waals surface area contributed by atoms with Crippen molar-refractivity contribution >= 4 is 6.16 Å². The van der Waals surface area contributed by atoms with Gasteiger partial charge in [0.25, 0.3) is 0 Å². The Morgan fingerprint density at radius 3 is 2.07 bits per heavy atom. The van der Waals surface area contributed by atoms with Crippen molar-refractivity contribution in [2.45, 2.75) is 25.3 Å². The first-order valence-corrected chi connectivity index (χ1v) is 3.48. The maximum atomic E-state index is 12.2. The summed E-state index contributed by atoms with van der Waals surface area (Å²) in [6.07, 6.45) is -14.7. The number of hydrogen-bond acceptors (Lipinski definition) is 3. The highest BCUT2D eigenvalue weighted by molar-refractivity contribution is 5.60. The highest BCUT2D eigenvalue weighted by Crippen LogP contribution is 2.25. The summed E-state index contributed by atoms with van der Waals surface area (Å²) in [5, 5.41) is 0. The number of rotatable bonds is 4. The van der Waals surface area contributed by atoms with E-state index in [-0.39, 0.29) is 0 Å². The van der Waals surface area contributed by atoms with E-state index < -0.39 is 31.2 Å². The molecule has 0 aromatic rings. The van der Waals surface area contributed by atoms with Crippen LogP contribution in [0.2, 0.25) is 0 Å². The van der Waals surface area contributed by atoms with E-state index in [0.717, 1.165) is 0 Å². The molecular formula is C6H6F6O3. The molecule has 0 rings (SSSR count). The molecule has 1 atom stereocenters. The Morgan fingerprint density at radius 1 is 1.27 bits per heavy atom. The van der Waals surface area contributed by atoms with E-state index in [1.165, 1.54) is 0 Å². The van der Waals surface area contributed by atoms with Crippen molar-refractivity contribution in [3.8, 4) is 0 Å². The van der Waals surface area contributed by atoms with E-state index in [4.69, 9.17) is 0 Å². The van der Waals surface area contributed by atoms with Crippen molar-refractivity contribution in [2.75, 3.05) is 6.67 Å². The first-order chi connectivity index (χ1) is 6.60. The van der Waals surface area contributed by atoms with Crippen molar-refractivity contribution in [3.05, 3.63) is 0 Å². The maximum absolute atomic E-state index is 12.2. The van der Waals surface area contributed by atoms with E-state index in [1.54, 1.807) is 0 Å². The standard InChI is InChI=1S/C6H6F6O3/c1-3(8)6(11,12)15-4(13)14-5(9,10)2-7/h3H,2H2,1H3. The molecule has 0 N–H and O–H groups in total. The molecule has 1 unspecified atom stereocenters. The Kier molecular flexibility index (Phi) is 4.23. The smallest absolute Gasteiger partial charge is 0.366 e. The molecule has 0 aliphatic carbocycles. The zero-order valence-corrected chi connectivity index (χ0v) is 7.28. The molecule has 0 aromatic heterocycles. The highest BCUT2D eigenvalue weighted by Gasteiger charge is 2.45. The molecule has 0 saturated heterocycles. The second-order valence-electron chi connectivity index (χ2n) is 2.40. The largest absolute Gasteiger partial charge is 0.517 e. The summed E-state index contributed by atoms with van der Waals surface area (Å²) in [4.78, 5) is 10.2. The number of ether oxygens (including phenoxy) is 2. The van der Waals surface area contributed by atoms with Gasteiger partial charge in [-0.1, -0.05) is 0 Å². The van der Waals surface area contributed by atoms with Crippen LogP contribution in [0.1, 0.15) is 6.92 Å². The summed E-state index contributed by atoms with van der Waals surface area (Å²) in [7, 11) is 0. The van der Waals surface area contributed by atoms with Gasteiger partial charge in [0.05, 0.1) is 0 Å². The van der Waals surface area contributed by atoms with E-state index in [9.17, 15) is 31.1 Å². The lowest BCUT2D eigenvalue weighted by atomic mass is 10.4. The third-order valence-corrected chi connectivity index (χ3v) is 1.07. The van der Waals surface area contributed by atoms with E-state index in [0.29, 0.717) is 6.92 Å². The Morgan fingerprint density at radius 2 is 1.73 bits per heavy atom. The van der Waals surface area contributed by atoms with Gasteiger partial charge >= 0.3 is 18.4 Å². The van der Waals surface area contributed by atoms with Crippen molar-refractivity contribution < 1.29 is 40.6 Å². The van der Waals surface area contributed by atoms with Crippen LogP contribution in [-0.4, -0.2) is 31.2 Å². The molecule has 0 amide bonds. The average Bonchev–Trinajstić information content (AvgIpc) is 2.01. The predicted octanol–water partition coefficient (Wildman–Crippen LogP) is 2.65. The van der Waals surface area contributed by atoms with E-state index in [1.807, 2.05) is 0 Å². The lowest BCUT2D eigenvalue weighted by Gasteiger charge is -2.19. The van der Waals surface area contributed by atoms with Gasteiger partial charge in [-0.05, 0) is 6.92 Å². The number of hydrogen-bond donors (Lipinski definition) is 0. The molecule has 90 valence electrons. The molecule has 3 nitrogen and oxygen atoms in total. The summed E-state index contributed by atoms with van der Waals surface area (Å²) >= 11 is 0. The Balaban J connectivity index is 4.27. The third kappa shape index (κ3) is 4.75. The van der Waals surface area contributed by atoms with Gasteiger partial charge in [0, 0.05) is 0 Å². The van der Waals surface area contributed by atoms with Gasteiger partial charge in [0.1, 0.15) is 0 Å². The topological polar surface area (TPSA) is 35.5 Å². The number of alkyl halides is 6. The third-order valence-electron chi connectivity index (χ3n) is 1.07. The summed E-state index contributed by atoms with van der Waals surface area (Å²) < 4.78 is 77.5. The highest BCUT2D eigenvalue weighted by atomic mass is 19.3. The van der Waals surface area contributed by atoms with Crippen LogP contribution < -0.4 is 0 Å². The Labute approximate surface area is 79.9 Å². The fraction of sp³-hybridized carbons (Fsp3) is 0.833. The molecule has 0 aliphatic rings. The molecule has 0 saturated carbocycles. The van der Waals surface area contributed by atoms with Crippen molar-refractivity contribution in [3.63, 3.8) is 0 Å². The lowest BCUT2D eigenvalue weighted by molar-refractivity contribution is -0.276. The zero-order valence-electron chi connectivity index (χ0n) is 7.28. The van der Waals surface area contributed by atoms with Crippen LogP contribution in [0.25, 0.3) is 0 Å². The van der Waals surface area contributed by atoms with Gasteiger partial charge in [-0.15, -0.1) is 0 Å². The summed E-state index contributed by atoms with van der Waals surface area (Å²) in [6.45, 7) is -2.07. The molecule has 0 bridgehead atoms. The van der Waals surface area contributed by atoms with Crippen LogP contribution in [0, 0.1) is 0 Å². The van der Waals surface area contributed by atoms with Gasteiger partial charge in [0.2, 0.25) is 6.17 Å². The fourth-order valence-corrected chi connectivity index (χ4v) is 0.362. The molecule has 0 heterocycles.